The molecule has 2 aliphatic rings. The Balaban J connectivity index is 1.65. The summed E-state index contributed by atoms with van der Waals surface area (Å²) in [6.45, 7) is 0. The first-order valence-corrected chi connectivity index (χ1v) is 11.7. The molecule has 2 aliphatic heterocycles. The van der Waals surface area contributed by atoms with Crippen LogP contribution in [0, 0.1) is 5.82 Å². The number of halogens is 2. The van der Waals surface area contributed by atoms with Crippen molar-refractivity contribution in [2.45, 2.75) is 17.7 Å². The first-order chi connectivity index (χ1) is 13.3. The van der Waals surface area contributed by atoms with Crippen molar-refractivity contribution in [2.75, 3.05) is 16.4 Å². The first kappa shape index (κ1) is 19.4. The summed E-state index contributed by atoms with van der Waals surface area (Å²) in [6.07, 6.45) is -0.258. The molecule has 2 atom stereocenters. The number of rotatable bonds is 3. The summed E-state index contributed by atoms with van der Waals surface area (Å²) in [7, 11) is -3.13. The first-order valence-electron chi connectivity index (χ1n) is 8.60. The largest absolute Gasteiger partial charge is 0.316 e. The van der Waals surface area contributed by atoms with Gasteiger partial charge in [0.25, 0.3) is 5.91 Å². The zero-order valence-corrected chi connectivity index (χ0v) is 17.0. The lowest BCUT2D eigenvalue weighted by molar-refractivity contribution is -0.117. The van der Waals surface area contributed by atoms with E-state index in [0.717, 1.165) is 5.69 Å². The van der Waals surface area contributed by atoms with E-state index >= 15 is 0 Å². The monoisotopic (exact) mass is 438 g/mol. The molecule has 0 radical (unpaired) electrons. The SMILES string of the molecule is O=C(Cc1c(F)cccc1Cl)N=C1S[C@H]2CS(=O)(=O)C[C@H]2N1c1ccccc1. The summed E-state index contributed by atoms with van der Waals surface area (Å²) in [6, 6.07) is 13.2. The Morgan fingerprint density at radius 2 is 1.93 bits per heavy atom. The van der Waals surface area contributed by atoms with Crippen molar-refractivity contribution in [1.29, 1.82) is 0 Å². The van der Waals surface area contributed by atoms with Crippen LogP contribution in [0.5, 0.6) is 0 Å². The van der Waals surface area contributed by atoms with Crippen molar-refractivity contribution in [3.8, 4) is 0 Å². The predicted octanol–water partition coefficient (Wildman–Crippen LogP) is 3.32. The molecule has 0 aromatic heterocycles. The number of anilines is 1. The van der Waals surface area contributed by atoms with E-state index in [1.165, 1.54) is 30.0 Å². The number of sulfone groups is 1. The average molecular weight is 439 g/mol. The van der Waals surface area contributed by atoms with E-state index in [1.54, 1.807) is 4.90 Å². The number of aliphatic imine (C=N–C) groups is 1. The Labute approximate surface area is 171 Å². The summed E-state index contributed by atoms with van der Waals surface area (Å²) in [4.78, 5) is 18.5. The minimum atomic E-state index is -3.13. The van der Waals surface area contributed by atoms with E-state index in [4.69, 9.17) is 11.6 Å². The molecule has 5 nitrogen and oxygen atoms in total. The standard InChI is InChI=1S/C19H16ClFN2O3S2/c20-14-7-4-8-15(21)13(14)9-18(24)22-19-23(12-5-2-1-3-6-12)16-10-28(25,26)11-17(16)27-19/h1-8,16-17H,9-11H2/t16-,17+/m1/s1. The van der Waals surface area contributed by atoms with Crippen molar-refractivity contribution in [2.24, 2.45) is 4.99 Å². The number of para-hydroxylation sites is 1. The molecule has 0 aliphatic carbocycles. The molecule has 2 heterocycles. The van der Waals surface area contributed by atoms with Crippen LogP contribution in [0.1, 0.15) is 5.56 Å². The molecule has 0 saturated carbocycles. The Kier molecular flexibility index (Phi) is 5.20. The van der Waals surface area contributed by atoms with E-state index in [-0.39, 0.29) is 39.8 Å². The molecule has 0 unspecified atom stereocenters. The molecule has 0 spiro atoms. The van der Waals surface area contributed by atoms with Gasteiger partial charge in [-0.1, -0.05) is 47.6 Å². The quantitative estimate of drug-likeness (QED) is 0.735. The highest BCUT2D eigenvalue weighted by atomic mass is 35.5. The van der Waals surface area contributed by atoms with Gasteiger partial charge in [-0.05, 0) is 24.3 Å². The number of fused-ring (bicyclic) bond motifs is 1. The zero-order chi connectivity index (χ0) is 19.9. The van der Waals surface area contributed by atoms with Crippen molar-refractivity contribution < 1.29 is 17.6 Å². The highest BCUT2D eigenvalue weighted by Gasteiger charge is 2.49. The third kappa shape index (κ3) is 3.81. The number of nitrogens with zero attached hydrogens (tertiary/aromatic N) is 2. The number of thioether (sulfide) groups is 1. The second-order valence-corrected chi connectivity index (χ2v) is 10.4. The van der Waals surface area contributed by atoms with E-state index in [0.29, 0.717) is 5.17 Å². The van der Waals surface area contributed by atoms with Crippen molar-refractivity contribution >= 4 is 50.0 Å². The molecule has 4 rings (SSSR count). The fourth-order valence-corrected chi connectivity index (χ4v) is 7.61. The van der Waals surface area contributed by atoms with Crippen LogP contribution in [0.15, 0.2) is 53.5 Å². The van der Waals surface area contributed by atoms with Crippen molar-refractivity contribution in [3.63, 3.8) is 0 Å². The van der Waals surface area contributed by atoms with Crippen LogP contribution in [-0.2, 0) is 21.1 Å². The van der Waals surface area contributed by atoms with Crippen LogP contribution < -0.4 is 4.90 Å². The van der Waals surface area contributed by atoms with E-state index in [9.17, 15) is 17.6 Å². The Bertz CT molecular complexity index is 1040. The second kappa shape index (κ2) is 7.50. The number of hydrogen-bond donors (Lipinski definition) is 0. The fraction of sp³-hybridized carbons (Fsp3) is 0.263. The van der Waals surface area contributed by atoms with Gasteiger partial charge in [0.05, 0.1) is 24.0 Å². The molecule has 2 aromatic rings. The summed E-state index contributed by atoms with van der Waals surface area (Å²) in [5.41, 5.74) is 0.880. The van der Waals surface area contributed by atoms with Gasteiger partial charge in [0.1, 0.15) is 5.82 Å². The highest BCUT2D eigenvalue weighted by Crippen LogP contribution is 2.40. The Morgan fingerprint density at radius 1 is 1.18 bits per heavy atom. The molecule has 1 amide bonds. The number of carbonyl (C=O) groups is 1. The van der Waals surface area contributed by atoms with Crippen LogP contribution in [0.2, 0.25) is 5.02 Å². The third-order valence-electron chi connectivity index (χ3n) is 4.71. The van der Waals surface area contributed by atoms with Crippen LogP contribution in [0.25, 0.3) is 0 Å². The molecular formula is C19H16ClFN2O3S2. The van der Waals surface area contributed by atoms with Gasteiger partial charge >= 0.3 is 0 Å². The van der Waals surface area contributed by atoms with Gasteiger partial charge in [-0.3, -0.25) is 4.79 Å². The Morgan fingerprint density at radius 3 is 2.64 bits per heavy atom. The normalized spacial score (nSPS) is 24.5. The van der Waals surface area contributed by atoms with Gasteiger partial charge in [0.2, 0.25) is 0 Å². The highest BCUT2D eigenvalue weighted by molar-refractivity contribution is 8.16. The molecule has 0 bridgehead atoms. The van der Waals surface area contributed by atoms with Gasteiger partial charge < -0.3 is 4.90 Å². The number of amides is 1. The molecule has 2 saturated heterocycles. The lowest BCUT2D eigenvalue weighted by Crippen LogP contribution is -2.37. The van der Waals surface area contributed by atoms with E-state index < -0.39 is 21.6 Å². The third-order valence-corrected chi connectivity index (χ3v) is 8.27. The molecule has 146 valence electrons. The minimum Gasteiger partial charge on any atom is -0.316 e. The van der Waals surface area contributed by atoms with Crippen LogP contribution >= 0.6 is 23.4 Å². The smallest absolute Gasteiger partial charge is 0.252 e. The van der Waals surface area contributed by atoms with Gasteiger partial charge in [-0.25, -0.2) is 12.8 Å². The van der Waals surface area contributed by atoms with Gasteiger partial charge in [-0.2, -0.15) is 4.99 Å². The maximum absolute atomic E-state index is 14.0. The van der Waals surface area contributed by atoms with Crippen molar-refractivity contribution in [1.82, 2.24) is 0 Å². The van der Waals surface area contributed by atoms with Crippen LogP contribution in [0.3, 0.4) is 0 Å². The molecule has 2 aromatic carbocycles. The summed E-state index contributed by atoms with van der Waals surface area (Å²) in [5.74, 6) is -1.01. The predicted molar refractivity (Wildman–Crippen MR) is 110 cm³/mol. The minimum absolute atomic E-state index is 0.0198. The molecule has 0 N–H and O–H groups in total. The van der Waals surface area contributed by atoms with Gasteiger partial charge in [0, 0.05) is 21.5 Å². The van der Waals surface area contributed by atoms with Crippen LogP contribution in [0.4, 0.5) is 10.1 Å². The van der Waals surface area contributed by atoms with Gasteiger partial charge in [0.15, 0.2) is 15.0 Å². The van der Waals surface area contributed by atoms with Crippen molar-refractivity contribution in [3.05, 3.63) is 64.9 Å². The second-order valence-electron chi connectivity index (χ2n) is 6.67. The zero-order valence-electron chi connectivity index (χ0n) is 14.6. The number of amidine groups is 1. The maximum atomic E-state index is 14.0. The number of hydrogen-bond acceptors (Lipinski definition) is 4. The van der Waals surface area contributed by atoms with E-state index in [2.05, 4.69) is 4.99 Å². The van der Waals surface area contributed by atoms with E-state index in [1.807, 2.05) is 30.3 Å². The lowest BCUT2D eigenvalue weighted by atomic mass is 10.1. The molecule has 2 fully saturated rings. The maximum Gasteiger partial charge on any atom is 0.252 e. The van der Waals surface area contributed by atoms with Crippen LogP contribution in [-0.4, -0.2) is 42.3 Å². The average Bonchev–Trinajstić information content (AvgIpc) is 3.09. The fourth-order valence-electron chi connectivity index (χ4n) is 3.45. The molecular weight excluding hydrogens is 423 g/mol. The summed E-state index contributed by atoms with van der Waals surface area (Å²) in [5, 5.41) is 0.429. The Hall–Kier alpha value is -1.90. The molecule has 28 heavy (non-hydrogen) atoms. The summed E-state index contributed by atoms with van der Waals surface area (Å²) >= 11 is 7.28. The topological polar surface area (TPSA) is 66.8 Å². The number of carbonyl (C=O) groups excluding carboxylic acids is 1. The molecule has 9 heteroatoms. The lowest BCUT2D eigenvalue weighted by Gasteiger charge is -2.24. The van der Waals surface area contributed by atoms with Gasteiger partial charge in [-0.15, -0.1) is 0 Å². The summed E-state index contributed by atoms with van der Waals surface area (Å²) < 4.78 is 38.1. The number of benzene rings is 2.